The van der Waals surface area contributed by atoms with Crippen molar-refractivity contribution in [3.8, 4) is 22.9 Å². The van der Waals surface area contributed by atoms with Gasteiger partial charge in [0, 0.05) is 19.2 Å². The van der Waals surface area contributed by atoms with Gasteiger partial charge in [-0.1, -0.05) is 18.7 Å². The second-order valence-corrected chi connectivity index (χ2v) is 7.70. The van der Waals surface area contributed by atoms with Gasteiger partial charge in [-0.25, -0.2) is 19.0 Å². The van der Waals surface area contributed by atoms with Crippen LogP contribution in [0, 0.1) is 11.8 Å². The molecule has 1 saturated heterocycles. The minimum Gasteiger partial charge on any atom is -0.436 e. The van der Waals surface area contributed by atoms with Crippen molar-refractivity contribution in [3.05, 3.63) is 67.1 Å². The van der Waals surface area contributed by atoms with Crippen molar-refractivity contribution in [1.82, 2.24) is 29.6 Å². The summed E-state index contributed by atoms with van der Waals surface area (Å²) in [5, 5.41) is 4.97. The van der Waals surface area contributed by atoms with Crippen LogP contribution >= 0.6 is 0 Å². The van der Waals surface area contributed by atoms with E-state index in [0.29, 0.717) is 30.5 Å². The SMILES string of the molecule is C=CC(=O)N1CCC(n2nc(-c3ccc(Oc4ccccc4F)nc3F)c3c(N)ncnc32)C1. The van der Waals surface area contributed by atoms with Crippen LogP contribution in [0.4, 0.5) is 14.6 Å². The monoisotopic (exact) mass is 463 g/mol. The van der Waals surface area contributed by atoms with Crippen LogP contribution < -0.4 is 10.5 Å². The third-order valence-electron chi connectivity index (χ3n) is 5.64. The number of carbonyl (C=O) groups is 1. The van der Waals surface area contributed by atoms with E-state index in [4.69, 9.17) is 10.5 Å². The largest absolute Gasteiger partial charge is 0.436 e. The van der Waals surface area contributed by atoms with Gasteiger partial charge in [0.2, 0.25) is 17.7 Å². The van der Waals surface area contributed by atoms with E-state index in [2.05, 4.69) is 26.6 Å². The summed E-state index contributed by atoms with van der Waals surface area (Å²) in [5.41, 5.74) is 6.80. The second kappa shape index (κ2) is 8.50. The molecular weight excluding hydrogens is 444 g/mol. The van der Waals surface area contributed by atoms with Gasteiger partial charge in [0.05, 0.1) is 17.0 Å². The molecule has 1 aliphatic rings. The molecule has 0 radical (unpaired) electrons. The van der Waals surface area contributed by atoms with Crippen LogP contribution in [0.2, 0.25) is 0 Å². The molecule has 34 heavy (non-hydrogen) atoms. The highest BCUT2D eigenvalue weighted by Gasteiger charge is 2.30. The van der Waals surface area contributed by atoms with Crippen molar-refractivity contribution >= 4 is 22.8 Å². The van der Waals surface area contributed by atoms with Crippen molar-refractivity contribution in [2.45, 2.75) is 12.5 Å². The summed E-state index contributed by atoms with van der Waals surface area (Å²) in [7, 11) is 0. The fraction of sp³-hybridized carbons (Fsp3) is 0.174. The van der Waals surface area contributed by atoms with Gasteiger partial charge in [-0.3, -0.25) is 4.79 Å². The summed E-state index contributed by atoms with van der Waals surface area (Å²) in [4.78, 5) is 25.8. The minimum atomic E-state index is -0.876. The molecule has 11 heteroatoms. The Morgan fingerprint density at radius 3 is 2.79 bits per heavy atom. The lowest BCUT2D eigenvalue weighted by Crippen LogP contribution is -2.27. The fourth-order valence-electron chi connectivity index (χ4n) is 4.00. The Morgan fingerprint density at radius 2 is 2.03 bits per heavy atom. The Kier molecular flexibility index (Phi) is 5.36. The first-order valence-electron chi connectivity index (χ1n) is 10.5. The lowest BCUT2D eigenvalue weighted by atomic mass is 10.1. The van der Waals surface area contributed by atoms with Gasteiger partial charge in [-0.15, -0.1) is 0 Å². The maximum absolute atomic E-state index is 15.1. The summed E-state index contributed by atoms with van der Waals surface area (Å²) >= 11 is 0. The number of carbonyl (C=O) groups excluding carboxylic acids is 1. The molecule has 3 aromatic heterocycles. The van der Waals surface area contributed by atoms with Crippen LogP contribution in [-0.4, -0.2) is 48.6 Å². The number of aromatic nitrogens is 5. The van der Waals surface area contributed by atoms with Crippen LogP contribution in [0.3, 0.4) is 0 Å². The number of pyridine rings is 1. The van der Waals surface area contributed by atoms with Crippen LogP contribution in [-0.2, 0) is 4.79 Å². The number of hydrogen-bond acceptors (Lipinski definition) is 7. The van der Waals surface area contributed by atoms with E-state index in [0.717, 1.165) is 0 Å². The van der Waals surface area contributed by atoms with E-state index in [1.807, 2.05) is 0 Å². The number of nitrogens with zero attached hydrogens (tertiary/aromatic N) is 6. The van der Waals surface area contributed by atoms with E-state index in [1.54, 1.807) is 15.6 Å². The lowest BCUT2D eigenvalue weighted by Gasteiger charge is -2.14. The molecule has 0 spiro atoms. The molecule has 4 aromatic rings. The van der Waals surface area contributed by atoms with Crippen molar-refractivity contribution in [2.75, 3.05) is 18.8 Å². The van der Waals surface area contributed by atoms with Gasteiger partial charge in [0.1, 0.15) is 17.8 Å². The smallest absolute Gasteiger partial charge is 0.246 e. The van der Waals surface area contributed by atoms with E-state index in [9.17, 15) is 9.18 Å². The maximum atomic E-state index is 15.1. The van der Waals surface area contributed by atoms with Gasteiger partial charge >= 0.3 is 0 Å². The molecule has 1 aromatic carbocycles. The molecule has 1 amide bonds. The zero-order valence-electron chi connectivity index (χ0n) is 17.9. The van der Waals surface area contributed by atoms with Gasteiger partial charge in [0.15, 0.2) is 17.2 Å². The van der Waals surface area contributed by atoms with Gasteiger partial charge in [-0.2, -0.15) is 14.5 Å². The summed E-state index contributed by atoms with van der Waals surface area (Å²) in [5.74, 6) is -1.70. The highest BCUT2D eigenvalue weighted by Crippen LogP contribution is 2.35. The molecule has 9 nitrogen and oxygen atoms in total. The first kappa shape index (κ1) is 21.4. The van der Waals surface area contributed by atoms with E-state index in [-0.39, 0.29) is 40.7 Å². The number of nitrogens with two attached hydrogens (primary N) is 1. The summed E-state index contributed by atoms with van der Waals surface area (Å²) in [6, 6.07) is 8.41. The zero-order chi connectivity index (χ0) is 23.8. The predicted octanol–water partition coefficient (Wildman–Crippen LogP) is 3.50. The van der Waals surface area contributed by atoms with Crippen molar-refractivity contribution < 1.29 is 18.3 Å². The molecule has 0 saturated carbocycles. The third-order valence-corrected chi connectivity index (χ3v) is 5.64. The second-order valence-electron chi connectivity index (χ2n) is 7.70. The lowest BCUT2D eigenvalue weighted by molar-refractivity contribution is -0.125. The number of likely N-dealkylation sites (tertiary alicyclic amines) is 1. The number of halogens is 2. The Labute approximate surface area is 192 Å². The number of rotatable bonds is 5. The van der Waals surface area contributed by atoms with Crippen LogP contribution in [0.1, 0.15) is 12.5 Å². The summed E-state index contributed by atoms with van der Waals surface area (Å²) < 4.78 is 36.0. The molecule has 1 fully saturated rings. The summed E-state index contributed by atoms with van der Waals surface area (Å²) in [6.45, 7) is 4.46. The van der Waals surface area contributed by atoms with E-state index < -0.39 is 11.8 Å². The molecule has 2 N–H and O–H groups in total. The molecule has 4 heterocycles. The molecule has 172 valence electrons. The first-order valence-corrected chi connectivity index (χ1v) is 10.5. The molecule has 1 unspecified atom stereocenters. The van der Waals surface area contributed by atoms with Gasteiger partial charge in [-0.05, 0) is 30.7 Å². The number of benzene rings is 1. The van der Waals surface area contributed by atoms with E-state index >= 15 is 4.39 Å². The topological polar surface area (TPSA) is 112 Å². The molecule has 0 aliphatic carbocycles. The average Bonchev–Trinajstić information content (AvgIpc) is 3.46. The fourth-order valence-corrected chi connectivity index (χ4v) is 4.00. The quantitative estimate of drug-likeness (QED) is 0.356. The first-order chi connectivity index (χ1) is 16.5. The van der Waals surface area contributed by atoms with Crippen molar-refractivity contribution in [2.24, 2.45) is 0 Å². The number of ether oxygens (including phenoxy) is 1. The van der Waals surface area contributed by atoms with Crippen LogP contribution in [0.15, 0.2) is 55.4 Å². The Morgan fingerprint density at radius 1 is 1.21 bits per heavy atom. The number of fused-ring (bicyclic) bond motifs is 1. The minimum absolute atomic E-state index is 0.0585. The highest BCUT2D eigenvalue weighted by molar-refractivity contribution is 5.98. The number of para-hydroxylation sites is 1. The average molecular weight is 463 g/mol. The number of anilines is 1. The molecule has 5 rings (SSSR count). The third kappa shape index (κ3) is 3.70. The van der Waals surface area contributed by atoms with Crippen LogP contribution in [0.5, 0.6) is 11.6 Å². The van der Waals surface area contributed by atoms with Gasteiger partial charge in [0.25, 0.3) is 0 Å². The Hall–Kier alpha value is -4.41. The van der Waals surface area contributed by atoms with Crippen LogP contribution in [0.25, 0.3) is 22.3 Å². The standard InChI is InChI=1S/C23H19F2N7O2/c1-2-18(33)31-10-9-13(11-31)32-23-19(22(26)27-12-28-23)20(30-32)14-7-8-17(29-21(14)25)34-16-6-4-3-5-15(16)24/h2-8,12-13H,1,9-11H2,(H2,26,27,28). The number of nitrogen functional groups attached to an aromatic ring is 1. The molecule has 1 aliphatic heterocycles. The Balaban J connectivity index is 1.54. The number of hydrogen-bond donors (Lipinski definition) is 1. The Bertz CT molecular complexity index is 1420. The summed E-state index contributed by atoms with van der Waals surface area (Å²) in [6.07, 6.45) is 3.21. The molecular formula is C23H19F2N7O2. The predicted molar refractivity (Wildman–Crippen MR) is 120 cm³/mol. The normalized spacial score (nSPS) is 15.6. The van der Waals surface area contributed by atoms with Crippen molar-refractivity contribution in [3.63, 3.8) is 0 Å². The van der Waals surface area contributed by atoms with E-state index in [1.165, 1.54) is 42.7 Å². The van der Waals surface area contributed by atoms with Gasteiger partial charge < -0.3 is 15.4 Å². The zero-order valence-corrected chi connectivity index (χ0v) is 17.9. The maximum Gasteiger partial charge on any atom is 0.246 e. The molecule has 0 bridgehead atoms. The van der Waals surface area contributed by atoms with Crippen molar-refractivity contribution in [1.29, 1.82) is 0 Å². The highest BCUT2D eigenvalue weighted by atomic mass is 19.1. The molecule has 1 atom stereocenters. The number of amides is 1.